The van der Waals surface area contributed by atoms with E-state index in [2.05, 4.69) is 15.6 Å². The van der Waals surface area contributed by atoms with Crippen molar-refractivity contribution in [2.45, 2.75) is 38.6 Å². The summed E-state index contributed by atoms with van der Waals surface area (Å²) in [6, 6.07) is 5.07. The summed E-state index contributed by atoms with van der Waals surface area (Å²) in [7, 11) is 0. The fourth-order valence-corrected chi connectivity index (χ4v) is 3.49. The minimum Gasteiger partial charge on any atom is -0.346 e. The van der Waals surface area contributed by atoms with E-state index in [1.54, 1.807) is 11.3 Å². The predicted molar refractivity (Wildman–Crippen MR) is 103 cm³/mol. The van der Waals surface area contributed by atoms with Gasteiger partial charge in [-0.15, -0.1) is 23.7 Å². The van der Waals surface area contributed by atoms with E-state index in [1.165, 1.54) is 17.8 Å². The summed E-state index contributed by atoms with van der Waals surface area (Å²) in [6.45, 7) is 3.64. The third kappa shape index (κ3) is 4.90. The van der Waals surface area contributed by atoms with Crippen LogP contribution in [0.1, 0.15) is 37.6 Å². The molecule has 1 heterocycles. The number of hydrogen-bond acceptors (Lipinski definition) is 5. The summed E-state index contributed by atoms with van der Waals surface area (Å²) in [4.78, 5) is 28.4. The van der Waals surface area contributed by atoms with Gasteiger partial charge in [0.05, 0.1) is 27.8 Å². The van der Waals surface area contributed by atoms with Gasteiger partial charge < -0.3 is 16.4 Å². The minimum absolute atomic E-state index is 0. The molecule has 1 atom stereocenters. The molecule has 1 aromatic heterocycles. The molecule has 1 aromatic carbocycles. The van der Waals surface area contributed by atoms with Crippen LogP contribution in [0.3, 0.4) is 0 Å². The van der Waals surface area contributed by atoms with Crippen LogP contribution in [0, 0.1) is 5.92 Å². The number of carbonyl (C=O) groups is 2. The molecule has 1 saturated carbocycles. The van der Waals surface area contributed by atoms with Crippen LogP contribution in [0.2, 0.25) is 0 Å². The molecule has 2 aromatic rings. The van der Waals surface area contributed by atoms with E-state index in [0.717, 1.165) is 10.2 Å². The van der Waals surface area contributed by atoms with E-state index in [-0.39, 0.29) is 36.7 Å². The molecule has 2 amide bonds. The summed E-state index contributed by atoms with van der Waals surface area (Å²) < 4.78 is 1.07. The molecule has 0 bridgehead atoms. The topological polar surface area (TPSA) is 97.1 Å². The third-order valence-electron chi connectivity index (χ3n) is 4.06. The van der Waals surface area contributed by atoms with Crippen LogP contribution in [0.15, 0.2) is 18.2 Å². The van der Waals surface area contributed by atoms with Gasteiger partial charge in [-0.05, 0) is 37.0 Å². The standard InChI is InChI=1S/C17H22N4O2S.ClH/c1-9(2)15(18)16(23)19-8-14(22)20-11-5-6-12-13(7-11)24-17(21-12)10-3-4-10;/h5-7,9-10,15H,3-4,8,18H2,1-2H3,(H,19,23)(H,20,22);1H/t15-;/m0./s1. The maximum atomic E-state index is 12.0. The van der Waals surface area contributed by atoms with Crippen molar-refractivity contribution in [2.75, 3.05) is 11.9 Å². The van der Waals surface area contributed by atoms with Crippen LogP contribution < -0.4 is 16.4 Å². The Balaban J connectivity index is 0.00000225. The average molecular weight is 383 g/mol. The zero-order valence-electron chi connectivity index (χ0n) is 14.2. The number of halogens is 1. The van der Waals surface area contributed by atoms with Gasteiger partial charge in [0.15, 0.2) is 0 Å². The van der Waals surface area contributed by atoms with Gasteiger partial charge in [-0.2, -0.15) is 0 Å². The minimum atomic E-state index is -0.604. The first-order chi connectivity index (χ1) is 11.4. The van der Waals surface area contributed by atoms with Crippen LogP contribution in [0.25, 0.3) is 10.2 Å². The second kappa shape index (κ2) is 8.12. The second-order valence-electron chi connectivity index (χ2n) is 6.54. The number of carbonyl (C=O) groups excluding carboxylic acids is 2. The number of fused-ring (bicyclic) bond motifs is 1. The highest BCUT2D eigenvalue weighted by atomic mass is 35.5. The fraction of sp³-hybridized carbons (Fsp3) is 0.471. The zero-order valence-corrected chi connectivity index (χ0v) is 15.9. The van der Waals surface area contributed by atoms with Crippen molar-refractivity contribution in [1.29, 1.82) is 0 Å². The predicted octanol–water partition coefficient (Wildman–Crippen LogP) is 2.63. The van der Waals surface area contributed by atoms with E-state index < -0.39 is 6.04 Å². The normalized spacial score (nSPS) is 14.9. The van der Waals surface area contributed by atoms with Gasteiger partial charge in [0, 0.05) is 11.6 Å². The molecule has 3 rings (SSSR count). The highest BCUT2D eigenvalue weighted by molar-refractivity contribution is 7.18. The van der Waals surface area contributed by atoms with Crippen LogP contribution in [0.5, 0.6) is 0 Å². The molecule has 1 fully saturated rings. The van der Waals surface area contributed by atoms with Crippen molar-refractivity contribution in [3.05, 3.63) is 23.2 Å². The maximum Gasteiger partial charge on any atom is 0.243 e. The number of nitrogens with two attached hydrogens (primary N) is 1. The third-order valence-corrected chi connectivity index (χ3v) is 5.24. The highest BCUT2D eigenvalue weighted by Crippen LogP contribution is 2.43. The quantitative estimate of drug-likeness (QED) is 0.715. The lowest BCUT2D eigenvalue weighted by Gasteiger charge is -2.15. The number of benzene rings is 1. The molecule has 4 N–H and O–H groups in total. The summed E-state index contributed by atoms with van der Waals surface area (Å²) in [5.74, 6) is 0.0704. The van der Waals surface area contributed by atoms with Crippen molar-refractivity contribution in [2.24, 2.45) is 11.7 Å². The number of nitrogens with zero attached hydrogens (tertiary/aromatic N) is 1. The van der Waals surface area contributed by atoms with E-state index in [4.69, 9.17) is 5.73 Å². The molecule has 1 aliphatic carbocycles. The molecule has 0 radical (unpaired) electrons. The Morgan fingerprint density at radius 3 is 2.72 bits per heavy atom. The summed E-state index contributed by atoms with van der Waals surface area (Å²) in [5.41, 5.74) is 7.42. The van der Waals surface area contributed by atoms with Crippen LogP contribution >= 0.6 is 23.7 Å². The number of amides is 2. The van der Waals surface area contributed by atoms with Crippen LogP contribution in [-0.2, 0) is 9.59 Å². The SMILES string of the molecule is CC(C)[C@H](N)C(=O)NCC(=O)Nc1ccc2nc(C3CC3)sc2c1.Cl. The summed E-state index contributed by atoms with van der Waals surface area (Å²) >= 11 is 1.69. The maximum absolute atomic E-state index is 12.0. The Bertz CT molecular complexity index is 773. The van der Waals surface area contributed by atoms with E-state index in [9.17, 15) is 9.59 Å². The lowest BCUT2D eigenvalue weighted by molar-refractivity contribution is -0.125. The Labute approximate surface area is 157 Å². The molecular weight excluding hydrogens is 360 g/mol. The van der Waals surface area contributed by atoms with Gasteiger partial charge in [-0.1, -0.05) is 13.8 Å². The first-order valence-corrected chi connectivity index (χ1v) is 8.99. The molecule has 1 aliphatic rings. The lowest BCUT2D eigenvalue weighted by Crippen LogP contribution is -2.46. The van der Waals surface area contributed by atoms with Crippen LogP contribution in [-0.4, -0.2) is 29.4 Å². The molecule has 0 unspecified atom stereocenters. The van der Waals surface area contributed by atoms with Gasteiger partial charge in [0.2, 0.25) is 11.8 Å². The van der Waals surface area contributed by atoms with Gasteiger partial charge in [0.25, 0.3) is 0 Å². The molecule has 6 nitrogen and oxygen atoms in total. The Kier molecular flexibility index (Phi) is 6.37. The van der Waals surface area contributed by atoms with Gasteiger partial charge >= 0.3 is 0 Å². The van der Waals surface area contributed by atoms with E-state index in [1.807, 2.05) is 32.0 Å². The zero-order chi connectivity index (χ0) is 17.3. The summed E-state index contributed by atoms with van der Waals surface area (Å²) in [5, 5.41) is 6.54. The molecule has 8 heteroatoms. The first kappa shape index (κ1) is 19.6. The van der Waals surface area contributed by atoms with Crippen molar-refractivity contribution in [3.8, 4) is 0 Å². The van der Waals surface area contributed by atoms with Crippen LogP contribution in [0.4, 0.5) is 5.69 Å². The smallest absolute Gasteiger partial charge is 0.243 e. The van der Waals surface area contributed by atoms with Gasteiger partial charge in [0.1, 0.15) is 0 Å². The number of aromatic nitrogens is 1. The molecule has 0 spiro atoms. The van der Waals surface area contributed by atoms with Crippen molar-refractivity contribution >= 4 is 51.5 Å². The van der Waals surface area contributed by atoms with Crippen molar-refractivity contribution in [3.63, 3.8) is 0 Å². The lowest BCUT2D eigenvalue weighted by atomic mass is 10.1. The Morgan fingerprint density at radius 2 is 2.08 bits per heavy atom. The Morgan fingerprint density at radius 1 is 1.36 bits per heavy atom. The van der Waals surface area contributed by atoms with Gasteiger partial charge in [-0.3, -0.25) is 9.59 Å². The van der Waals surface area contributed by atoms with Crippen molar-refractivity contribution < 1.29 is 9.59 Å². The van der Waals surface area contributed by atoms with Crippen molar-refractivity contribution in [1.82, 2.24) is 10.3 Å². The second-order valence-corrected chi connectivity index (χ2v) is 7.61. The van der Waals surface area contributed by atoms with E-state index >= 15 is 0 Å². The number of rotatable bonds is 6. The first-order valence-electron chi connectivity index (χ1n) is 8.17. The molecule has 25 heavy (non-hydrogen) atoms. The number of hydrogen-bond donors (Lipinski definition) is 3. The largest absolute Gasteiger partial charge is 0.346 e. The average Bonchev–Trinajstić information content (AvgIpc) is 3.31. The highest BCUT2D eigenvalue weighted by Gasteiger charge is 2.27. The molecule has 0 aliphatic heterocycles. The number of thiazole rings is 1. The molecule has 136 valence electrons. The van der Waals surface area contributed by atoms with Gasteiger partial charge in [-0.25, -0.2) is 4.98 Å². The molecule has 0 saturated heterocycles. The number of nitrogens with one attached hydrogen (secondary N) is 2. The monoisotopic (exact) mass is 382 g/mol. The summed E-state index contributed by atoms with van der Waals surface area (Å²) in [6.07, 6.45) is 2.45. The fourth-order valence-electron chi connectivity index (χ4n) is 2.32. The Hall–Kier alpha value is -1.70. The molecular formula is C17H23ClN4O2S. The van der Waals surface area contributed by atoms with E-state index in [0.29, 0.717) is 11.6 Å². The number of anilines is 1.